The average molecular weight is 444 g/mol. The van der Waals surface area contributed by atoms with E-state index in [9.17, 15) is 4.79 Å². The van der Waals surface area contributed by atoms with Gasteiger partial charge in [-0.3, -0.25) is 4.79 Å². The van der Waals surface area contributed by atoms with Crippen LogP contribution in [0.1, 0.15) is 41.8 Å². The van der Waals surface area contributed by atoms with Crippen molar-refractivity contribution in [2.24, 2.45) is 5.92 Å². The Bertz CT molecular complexity index is 1250. The van der Waals surface area contributed by atoms with Crippen molar-refractivity contribution >= 4 is 11.6 Å². The summed E-state index contributed by atoms with van der Waals surface area (Å²) in [6, 6.07) is 14.4. The zero-order chi connectivity index (χ0) is 22.8. The largest absolute Gasteiger partial charge is 0.343 e. The first-order valence-electron chi connectivity index (χ1n) is 11.6. The van der Waals surface area contributed by atoms with E-state index in [0.717, 1.165) is 49.3 Å². The minimum atomic E-state index is 0.240. The summed E-state index contributed by atoms with van der Waals surface area (Å²) in [5, 5.41) is 17.1. The number of fused-ring (bicyclic) bond motifs is 1. The van der Waals surface area contributed by atoms with Crippen LogP contribution in [-0.2, 0) is 17.6 Å². The Balaban J connectivity index is 1.19. The summed E-state index contributed by atoms with van der Waals surface area (Å²) in [5.41, 5.74) is 5.16. The van der Waals surface area contributed by atoms with Crippen LogP contribution < -0.4 is 0 Å². The number of aromatic nitrogens is 6. The van der Waals surface area contributed by atoms with Crippen LogP contribution in [0, 0.1) is 19.8 Å². The Morgan fingerprint density at radius 3 is 2.61 bits per heavy atom. The second-order valence-corrected chi connectivity index (χ2v) is 8.90. The molecule has 5 rings (SSSR count). The fourth-order valence-corrected chi connectivity index (χ4v) is 4.82. The maximum atomic E-state index is 12.9. The van der Waals surface area contributed by atoms with Crippen LogP contribution >= 0.6 is 0 Å². The molecule has 1 aromatic carbocycles. The summed E-state index contributed by atoms with van der Waals surface area (Å²) >= 11 is 0. The minimum absolute atomic E-state index is 0.240. The lowest BCUT2D eigenvalue weighted by Crippen LogP contribution is -2.39. The van der Waals surface area contributed by atoms with Crippen LogP contribution in [0.15, 0.2) is 48.8 Å². The van der Waals surface area contributed by atoms with Gasteiger partial charge in [0.25, 0.3) is 0 Å². The molecule has 0 spiro atoms. The van der Waals surface area contributed by atoms with Gasteiger partial charge in [0.2, 0.25) is 5.91 Å². The van der Waals surface area contributed by atoms with Gasteiger partial charge < -0.3 is 4.90 Å². The second kappa shape index (κ2) is 9.13. The van der Waals surface area contributed by atoms with Gasteiger partial charge in [-0.25, -0.2) is 4.68 Å². The molecule has 4 heterocycles. The monoisotopic (exact) mass is 443 g/mol. The smallest absolute Gasteiger partial charge is 0.222 e. The molecule has 3 aromatic heterocycles. The van der Waals surface area contributed by atoms with Gasteiger partial charge in [0.1, 0.15) is 6.33 Å². The van der Waals surface area contributed by atoms with Crippen molar-refractivity contribution in [2.45, 2.75) is 46.0 Å². The third kappa shape index (κ3) is 4.51. The molecule has 170 valence electrons. The molecule has 0 atom stereocenters. The third-order valence-electron chi connectivity index (χ3n) is 6.73. The highest BCUT2D eigenvalue weighted by Crippen LogP contribution is 2.23. The van der Waals surface area contributed by atoms with Crippen LogP contribution in [0.5, 0.6) is 0 Å². The number of aryl methyl sites for hydroxylation is 1. The van der Waals surface area contributed by atoms with Crippen molar-refractivity contribution in [3.63, 3.8) is 0 Å². The summed E-state index contributed by atoms with van der Waals surface area (Å²) in [6.07, 6.45) is 6.04. The first-order valence-corrected chi connectivity index (χ1v) is 11.6. The van der Waals surface area contributed by atoms with Gasteiger partial charge in [0, 0.05) is 25.2 Å². The average Bonchev–Trinajstić information content (AvgIpc) is 3.42. The standard InChI is InChI=1S/C25H29N7O/c1-18-22(19(2)32(28-18)24-10-9-23-27-26-17-31(23)29-24)8-11-25(33)30-14-12-21(13-15-30)16-20-6-4-3-5-7-20/h3-7,9-10,17,21H,8,11-16H2,1-2H3. The predicted octanol–water partition coefficient (Wildman–Crippen LogP) is 3.34. The number of amides is 1. The Morgan fingerprint density at radius 2 is 1.82 bits per heavy atom. The first-order chi connectivity index (χ1) is 16.1. The number of rotatable bonds is 6. The lowest BCUT2D eigenvalue weighted by molar-refractivity contribution is -0.132. The van der Waals surface area contributed by atoms with Gasteiger partial charge in [0.15, 0.2) is 11.5 Å². The molecule has 0 unspecified atom stereocenters. The van der Waals surface area contributed by atoms with Crippen LogP contribution in [0.3, 0.4) is 0 Å². The zero-order valence-corrected chi connectivity index (χ0v) is 19.2. The first kappa shape index (κ1) is 21.3. The number of carbonyl (C=O) groups is 1. The van der Waals surface area contributed by atoms with Crippen molar-refractivity contribution < 1.29 is 4.79 Å². The molecule has 8 heteroatoms. The number of hydrogen-bond acceptors (Lipinski definition) is 5. The topological polar surface area (TPSA) is 81.2 Å². The Hall–Kier alpha value is -3.55. The van der Waals surface area contributed by atoms with Crippen molar-refractivity contribution in [3.8, 4) is 5.82 Å². The molecule has 1 saturated heterocycles. The Labute approximate surface area is 193 Å². The summed E-state index contributed by atoms with van der Waals surface area (Å²) in [6.45, 7) is 5.75. The molecule has 0 bridgehead atoms. The van der Waals surface area contributed by atoms with Crippen LogP contribution in [0.2, 0.25) is 0 Å². The van der Waals surface area contributed by atoms with Gasteiger partial charge in [-0.05, 0) is 68.7 Å². The highest BCUT2D eigenvalue weighted by molar-refractivity contribution is 5.76. The van der Waals surface area contributed by atoms with E-state index in [4.69, 9.17) is 0 Å². The molecule has 33 heavy (non-hydrogen) atoms. The maximum absolute atomic E-state index is 12.9. The minimum Gasteiger partial charge on any atom is -0.343 e. The SMILES string of the molecule is Cc1nn(-c2ccc3nncn3n2)c(C)c1CCC(=O)N1CCC(Cc2ccccc2)CC1. The second-order valence-electron chi connectivity index (χ2n) is 8.90. The molecule has 0 radical (unpaired) electrons. The predicted molar refractivity (Wildman–Crippen MR) is 125 cm³/mol. The molecule has 0 saturated carbocycles. The van der Waals surface area contributed by atoms with Crippen molar-refractivity contribution in [1.82, 2.24) is 34.5 Å². The molecule has 4 aromatic rings. The van der Waals surface area contributed by atoms with Crippen molar-refractivity contribution in [2.75, 3.05) is 13.1 Å². The van der Waals surface area contributed by atoms with Crippen molar-refractivity contribution in [3.05, 3.63) is 71.3 Å². The summed E-state index contributed by atoms with van der Waals surface area (Å²) in [7, 11) is 0. The summed E-state index contributed by atoms with van der Waals surface area (Å²) < 4.78 is 3.47. The molecule has 1 aliphatic rings. The van der Waals surface area contributed by atoms with E-state index in [1.54, 1.807) is 10.8 Å². The van der Waals surface area contributed by atoms with Gasteiger partial charge in [-0.2, -0.15) is 9.61 Å². The summed E-state index contributed by atoms with van der Waals surface area (Å²) in [5.74, 6) is 1.61. The molecule has 0 N–H and O–H groups in total. The quantitative estimate of drug-likeness (QED) is 0.457. The van der Waals surface area contributed by atoms with E-state index < -0.39 is 0 Å². The highest BCUT2D eigenvalue weighted by Gasteiger charge is 2.23. The number of carbonyl (C=O) groups excluding carboxylic acids is 1. The van der Waals surface area contributed by atoms with Crippen molar-refractivity contribution in [1.29, 1.82) is 0 Å². The number of likely N-dealkylation sites (tertiary alicyclic amines) is 1. The van der Waals surface area contributed by atoms with E-state index in [0.29, 0.717) is 30.2 Å². The van der Waals surface area contributed by atoms with Crippen LogP contribution in [0.4, 0.5) is 0 Å². The van der Waals surface area contributed by atoms with Crippen LogP contribution in [-0.4, -0.2) is 53.5 Å². The van der Waals surface area contributed by atoms with Gasteiger partial charge in [-0.15, -0.1) is 15.3 Å². The van der Waals surface area contributed by atoms with Gasteiger partial charge in [-0.1, -0.05) is 30.3 Å². The van der Waals surface area contributed by atoms with Gasteiger partial charge >= 0.3 is 0 Å². The van der Waals surface area contributed by atoms with E-state index >= 15 is 0 Å². The zero-order valence-electron chi connectivity index (χ0n) is 19.2. The number of piperidine rings is 1. The lowest BCUT2D eigenvalue weighted by atomic mass is 9.90. The lowest BCUT2D eigenvalue weighted by Gasteiger charge is -2.32. The number of benzene rings is 1. The normalized spacial score (nSPS) is 14.8. The van der Waals surface area contributed by atoms with E-state index in [2.05, 4.69) is 50.7 Å². The Kier molecular flexibility index (Phi) is 5.90. The number of hydrogen-bond donors (Lipinski definition) is 0. The molecule has 1 amide bonds. The third-order valence-corrected chi connectivity index (χ3v) is 6.73. The van der Waals surface area contributed by atoms with E-state index in [1.165, 1.54) is 5.56 Å². The summed E-state index contributed by atoms with van der Waals surface area (Å²) in [4.78, 5) is 15.0. The van der Waals surface area contributed by atoms with E-state index in [1.807, 2.05) is 35.6 Å². The molecule has 1 fully saturated rings. The fourth-order valence-electron chi connectivity index (χ4n) is 4.82. The van der Waals surface area contributed by atoms with Gasteiger partial charge in [0.05, 0.1) is 5.69 Å². The molecular formula is C25H29N7O. The maximum Gasteiger partial charge on any atom is 0.222 e. The fraction of sp³-hybridized carbons (Fsp3) is 0.400. The molecule has 0 aliphatic carbocycles. The number of nitrogens with zero attached hydrogens (tertiary/aromatic N) is 7. The molecule has 8 nitrogen and oxygen atoms in total. The highest BCUT2D eigenvalue weighted by atomic mass is 16.2. The van der Waals surface area contributed by atoms with E-state index in [-0.39, 0.29) is 5.91 Å². The Morgan fingerprint density at radius 1 is 1.03 bits per heavy atom. The molecular weight excluding hydrogens is 414 g/mol. The molecule has 1 aliphatic heterocycles. The van der Waals surface area contributed by atoms with Crippen LogP contribution in [0.25, 0.3) is 11.5 Å².